The Hall–Kier alpha value is -2.94. The maximum atomic E-state index is 12.5. The molecule has 0 unspecified atom stereocenters. The third kappa shape index (κ3) is 3.64. The van der Waals surface area contributed by atoms with Crippen LogP contribution in [-0.2, 0) is 0 Å². The number of amides is 1. The molecule has 0 aliphatic rings. The fourth-order valence-corrected chi connectivity index (χ4v) is 2.47. The number of pyridine rings is 1. The molecule has 2 aromatic carbocycles. The average molecular weight is 302 g/mol. The van der Waals surface area contributed by atoms with Crippen LogP contribution in [-0.4, -0.2) is 10.9 Å². The number of benzene rings is 2. The molecular formula is C20H18N2O. The zero-order chi connectivity index (χ0) is 16.1. The van der Waals surface area contributed by atoms with Crippen LogP contribution in [0.2, 0.25) is 0 Å². The van der Waals surface area contributed by atoms with Crippen LogP contribution in [0.3, 0.4) is 0 Å². The van der Waals surface area contributed by atoms with Crippen LogP contribution in [0.1, 0.15) is 33.1 Å². The molecule has 0 aliphatic carbocycles. The predicted molar refractivity (Wildman–Crippen MR) is 91.2 cm³/mol. The molecular weight excluding hydrogens is 284 g/mol. The molecule has 1 heterocycles. The molecule has 0 bridgehead atoms. The lowest BCUT2D eigenvalue weighted by Crippen LogP contribution is -2.29. The van der Waals surface area contributed by atoms with Crippen molar-refractivity contribution < 1.29 is 4.79 Å². The SMILES string of the molecule is Cc1ccc([C@H](NC(=O)c2ccccc2)c2cccnc2)cc1. The molecule has 1 N–H and O–H groups in total. The van der Waals surface area contributed by atoms with Gasteiger partial charge in [0.25, 0.3) is 5.91 Å². The van der Waals surface area contributed by atoms with Crippen molar-refractivity contribution in [1.29, 1.82) is 0 Å². The third-order valence-corrected chi connectivity index (χ3v) is 3.74. The molecule has 3 heteroatoms. The van der Waals surface area contributed by atoms with Gasteiger partial charge in [-0.3, -0.25) is 9.78 Å². The molecule has 1 aromatic heterocycles. The fourth-order valence-electron chi connectivity index (χ4n) is 2.47. The summed E-state index contributed by atoms with van der Waals surface area (Å²) in [5, 5.41) is 3.11. The molecule has 0 aliphatic heterocycles. The Bertz CT molecular complexity index is 768. The van der Waals surface area contributed by atoms with E-state index in [4.69, 9.17) is 0 Å². The van der Waals surface area contributed by atoms with Crippen LogP contribution in [0, 0.1) is 6.92 Å². The van der Waals surface area contributed by atoms with Crippen molar-refractivity contribution in [3.63, 3.8) is 0 Å². The number of nitrogens with one attached hydrogen (secondary N) is 1. The normalized spacial score (nSPS) is 11.7. The van der Waals surface area contributed by atoms with E-state index in [1.165, 1.54) is 5.56 Å². The van der Waals surface area contributed by atoms with Crippen molar-refractivity contribution >= 4 is 5.91 Å². The van der Waals surface area contributed by atoms with Crippen molar-refractivity contribution in [2.75, 3.05) is 0 Å². The van der Waals surface area contributed by atoms with Gasteiger partial charge in [-0.15, -0.1) is 0 Å². The highest BCUT2D eigenvalue weighted by Crippen LogP contribution is 2.22. The molecule has 3 aromatic rings. The van der Waals surface area contributed by atoms with Gasteiger partial charge in [0, 0.05) is 18.0 Å². The highest BCUT2D eigenvalue weighted by molar-refractivity contribution is 5.94. The third-order valence-electron chi connectivity index (χ3n) is 3.74. The molecule has 1 amide bonds. The van der Waals surface area contributed by atoms with E-state index in [1.54, 1.807) is 12.4 Å². The number of carbonyl (C=O) groups excluding carboxylic acids is 1. The van der Waals surface area contributed by atoms with Crippen LogP contribution in [0.5, 0.6) is 0 Å². The minimum Gasteiger partial charge on any atom is -0.341 e. The lowest BCUT2D eigenvalue weighted by Gasteiger charge is -2.20. The topological polar surface area (TPSA) is 42.0 Å². The van der Waals surface area contributed by atoms with E-state index >= 15 is 0 Å². The van der Waals surface area contributed by atoms with Crippen LogP contribution in [0.25, 0.3) is 0 Å². The van der Waals surface area contributed by atoms with Crippen LogP contribution in [0.15, 0.2) is 79.1 Å². The number of hydrogen-bond donors (Lipinski definition) is 1. The van der Waals surface area contributed by atoms with Gasteiger partial charge in [0.2, 0.25) is 0 Å². The van der Waals surface area contributed by atoms with E-state index in [2.05, 4.69) is 10.3 Å². The van der Waals surface area contributed by atoms with Gasteiger partial charge in [-0.25, -0.2) is 0 Å². The highest BCUT2D eigenvalue weighted by Gasteiger charge is 2.17. The minimum atomic E-state index is -0.225. The van der Waals surface area contributed by atoms with Crippen LogP contribution in [0.4, 0.5) is 0 Å². The Labute approximate surface area is 136 Å². The maximum Gasteiger partial charge on any atom is 0.252 e. The first-order valence-corrected chi connectivity index (χ1v) is 7.56. The summed E-state index contributed by atoms with van der Waals surface area (Å²) in [4.78, 5) is 16.7. The first-order chi connectivity index (χ1) is 11.2. The summed E-state index contributed by atoms with van der Waals surface area (Å²) < 4.78 is 0. The summed E-state index contributed by atoms with van der Waals surface area (Å²) in [6.45, 7) is 2.05. The first kappa shape index (κ1) is 15.0. The quantitative estimate of drug-likeness (QED) is 0.794. The second-order valence-electron chi connectivity index (χ2n) is 5.47. The van der Waals surface area contributed by atoms with E-state index in [0.717, 1.165) is 11.1 Å². The highest BCUT2D eigenvalue weighted by atomic mass is 16.1. The van der Waals surface area contributed by atoms with E-state index in [1.807, 2.05) is 73.7 Å². The Kier molecular flexibility index (Phi) is 4.48. The Morgan fingerprint density at radius 3 is 2.30 bits per heavy atom. The number of aryl methyl sites for hydroxylation is 1. The molecule has 3 nitrogen and oxygen atoms in total. The van der Waals surface area contributed by atoms with Gasteiger partial charge in [-0.05, 0) is 36.2 Å². The van der Waals surface area contributed by atoms with Crippen LogP contribution < -0.4 is 5.32 Å². The van der Waals surface area contributed by atoms with Crippen molar-refractivity contribution in [3.8, 4) is 0 Å². The van der Waals surface area contributed by atoms with Gasteiger partial charge in [-0.1, -0.05) is 54.1 Å². The predicted octanol–water partition coefficient (Wildman–Crippen LogP) is 3.91. The number of hydrogen-bond acceptors (Lipinski definition) is 2. The standard InChI is InChI=1S/C20H18N2O/c1-15-9-11-16(12-10-15)19(18-8-5-13-21-14-18)22-20(23)17-6-3-2-4-7-17/h2-14,19H,1H3,(H,22,23)/t19-/m0/s1. The molecule has 114 valence electrons. The monoisotopic (exact) mass is 302 g/mol. The smallest absolute Gasteiger partial charge is 0.252 e. The van der Waals surface area contributed by atoms with E-state index in [9.17, 15) is 4.79 Å². The zero-order valence-corrected chi connectivity index (χ0v) is 12.9. The molecule has 23 heavy (non-hydrogen) atoms. The lowest BCUT2D eigenvalue weighted by molar-refractivity contribution is 0.0943. The molecule has 0 spiro atoms. The van der Waals surface area contributed by atoms with Crippen molar-refractivity contribution in [2.24, 2.45) is 0 Å². The summed E-state index contributed by atoms with van der Waals surface area (Å²) in [5.41, 5.74) is 3.83. The number of carbonyl (C=O) groups is 1. The molecule has 1 atom stereocenters. The summed E-state index contributed by atoms with van der Waals surface area (Å²) in [7, 11) is 0. The number of nitrogens with zero attached hydrogens (tertiary/aromatic N) is 1. The second-order valence-corrected chi connectivity index (χ2v) is 5.47. The molecule has 3 rings (SSSR count). The molecule has 0 saturated heterocycles. The van der Waals surface area contributed by atoms with Gasteiger partial charge < -0.3 is 5.32 Å². The van der Waals surface area contributed by atoms with E-state index in [0.29, 0.717) is 5.56 Å². The summed E-state index contributed by atoms with van der Waals surface area (Å²) in [6, 6.07) is 21.0. The lowest BCUT2D eigenvalue weighted by atomic mass is 9.98. The largest absolute Gasteiger partial charge is 0.341 e. The zero-order valence-electron chi connectivity index (χ0n) is 12.9. The second kappa shape index (κ2) is 6.88. The minimum absolute atomic E-state index is 0.0972. The molecule has 0 radical (unpaired) electrons. The summed E-state index contributed by atoms with van der Waals surface area (Å²) in [6.07, 6.45) is 3.52. The van der Waals surface area contributed by atoms with E-state index in [-0.39, 0.29) is 11.9 Å². The van der Waals surface area contributed by atoms with Gasteiger partial charge in [-0.2, -0.15) is 0 Å². The average Bonchev–Trinajstić information content (AvgIpc) is 2.62. The van der Waals surface area contributed by atoms with Crippen molar-refractivity contribution in [3.05, 3.63) is 101 Å². The van der Waals surface area contributed by atoms with Gasteiger partial charge in [0.05, 0.1) is 6.04 Å². The van der Waals surface area contributed by atoms with Crippen LogP contribution >= 0.6 is 0 Å². The molecule has 0 saturated carbocycles. The first-order valence-electron chi connectivity index (χ1n) is 7.56. The number of aromatic nitrogens is 1. The van der Waals surface area contributed by atoms with Crippen molar-refractivity contribution in [2.45, 2.75) is 13.0 Å². The Morgan fingerprint density at radius 1 is 0.913 bits per heavy atom. The summed E-state index contributed by atoms with van der Waals surface area (Å²) in [5.74, 6) is -0.0972. The Balaban J connectivity index is 1.93. The van der Waals surface area contributed by atoms with Gasteiger partial charge in [0.15, 0.2) is 0 Å². The Morgan fingerprint density at radius 2 is 1.65 bits per heavy atom. The van der Waals surface area contributed by atoms with Gasteiger partial charge >= 0.3 is 0 Å². The summed E-state index contributed by atoms with van der Waals surface area (Å²) >= 11 is 0. The molecule has 0 fully saturated rings. The number of rotatable bonds is 4. The fraction of sp³-hybridized carbons (Fsp3) is 0.100. The maximum absolute atomic E-state index is 12.5. The van der Waals surface area contributed by atoms with E-state index < -0.39 is 0 Å². The van der Waals surface area contributed by atoms with Crippen molar-refractivity contribution in [1.82, 2.24) is 10.3 Å². The van der Waals surface area contributed by atoms with Gasteiger partial charge in [0.1, 0.15) is 0 Å².